The fourth-order valence-corrected chi connectivity index (χ4v) is 6.36. The van der Waals surface area contributed by atoms with Gasteiger partial charge in [0.25, 0.3) is 0 Å². The molecule has 200 valence electrons. The first-order valence-electron chi connectivity index (χ1n) is 14.0. The van der Waals surface area contributed by atoms with E-state index in [1.165, 1.54) is 29.4 Å². The Morgan fingerprint density at radius 2 is 1.45 bits per heavy atom. The second kappa shape index (κ2) is 11.4. The third-order valence-electron chi connectivity index (χ3n) is 8.54. The van der Waals surface area contributed by atoms with E-state index in [1.54, 1.807) is 0 Å². The maximum atomic E-state index is 13.4. The highest BCUT2D eigenvalue weighted by molar-refractivity contribution is 5.84. The van der Waals surface area contributed by atoms with Gasteiger partial charge in [0.15, 0.2) is 0 Å². The van der Waals surface area contributed by atoms with Gasteiger partial charge in [-0.3, -0.25) is 10.1 Å². The molecule has 1 aliphatic heterocycles. The van der Waals surface area contributed by atoms with E-state index < -0.39 is 11.6 Å². The number of nitrogens with zero attached hydrogens (tertiary/aromatic N) is 1. The second-order valence-electron chi connectivity index (χ2n) is 11.1. The number of hydrogen-bond acceptors (Lipinski definition) is 5. The van der Waals surface area contributed by atoms with Crippen LogP contribution < -0.4 is 10.6 Å². The van der Waals surface area contributed by atoms with Crippen LogP contribution in [0.4, 0.5) is 0 Å². The largest absolute Gasteiger partial charge is 0.468 e. The monoisotopic (exact) mass is 511 g/mol. The fraction of sp³-hybridized carbons (Fsp3) is 0.424. The number of nitrogens with one attached hydrogen (secondary N) is 2. The van der Waals surface area contributed by atoms with Crippen molar-refractivity contribution in [2.24, 2.45) is 5.92 Å². The van der Waals surface area contributed by atoms with E-state index in [1.807, 2.05) is 6.07 Å². The zero-order valence-corrected chi connectivity index (χ0v) is 23.1. The molecule has 5 rings (SSSR count). The van der Waals surface area contributed by atoms with Crippen LogP contribution in [0.5, 0.6) is 0 Å². The molecule has 5 heteroatoms. The summed E-state index contributed by atoms with van der Waals surface area (Å²) in [6.07, 6.45) is 2.27. The summed E-state index contributed by atoms with van der Waals surface area (Å²) in [4.78, 5) is 15.9. The topological polar surface area (TPSA) is 53.6 Å². The Bertz CT molecular complexity index is 1190. The Morgan fingerprint density at radius 1 is 0.895 bits per heavy atom. The first-order valence-corrected chi connectivity index (χ1v) is 14.0. The molecular formula is C33H41N3O2. The number of methoxy groups -OCH3 is 1. The van der Waals surface area contributed by atoms with Gasteiger partial charge < -0.3 is 15.0 Å². The van der Waals surface area contributed by atoms with Gasteiger partial charge in [-0.2, -0.15) is 0 Å². The maximum Gasteiger partial charge on any atom is 0.323 e. The number of ether oxygens (including phenoxy) is 1. The molecule has 38 heavy (non-hydrogen) atoms. The molecule has 1 saturated heterocycles. The van der Waals surface area contributed by atoms with E-state index in [0.29, 0.717) is 12.1 Å². The van der Waals surface area contributed by atoms with Crippen LogP contribution in [0.3, 0.4) is 0 Å². The van der Waals surface area contributed by atoms with Gasteiger partial charge in [0.1, 0.15) is 6.04 Å². The third-order valence-corrected chi connectivity index (χ3v) is 8.54. The SMILES string of the molecule is COC(=O)C(NC1(c2ccccc2)c2ccccc2-c2ccccc21)C(C)CNC1CCN(C(C)C)CC1. The van der Waals surface area contributed by atoms with Gasteiger partial charge in [0.2, 0.25) is 0 Å². The molecular weight excluding hydrogens is 470 g/mol. The Morgan fingerprint density at radius 3 is 2.00 bits per heavy atom. The summed E-state index contributed by atoms with van der Waals surface area (Å²) in [5.41, 5.74) is 5.19. The molecule has 5 nitrogen and oxygen atoms in total. The molecule has 2 aliphatic rings. The van der Waals surface area contributed by atoms with Crippen molar-refractivity contribution in [1.29, 1.82) is 0 Å². The predicted molar refractivity (Wildman–Crippen MR) is 154 cm³/mol. The molecule has 0 bridgehead atoms. The molecule has 0 spiro atoms. The fourth-order valence-electron chi connectivity index (χ4n) is 6.36. The van der Waals surface area contributed by atoms with E-state index in [0.717, 1.165) is 38.0 Å². The summed E-state index contributed by atoms with van der Waals surface area (Å²) in [7, 11) is 1.49. The highest BCUT2D eigenvalue weighted by Gasteiger charge is 2.47. The van der Waals surface area contributed by atoms with E-state index >= 15 is 0 Å². The number of carbonyl (C=O) groups is 1. The standard InChI is InChI=1S/C33H41N3O2/c1-23(2)36-20-18-26(19-21-36)34-22-24(3)31(32(37)38-4)35-33(25-12-6-5-7-13-25)29-16-10-8-14-27(29)28-15-9-11-17-30(28)33/h5-17,23-24,26,31,34-35H,18-22H2,1-4H3. The summed E-state index contributed by atoms with van der Waals surface area (Å²) >= 11 is 0. The number of likely N-dealkylation sites (tertiary alicyclic amines) is 1. The molecule has 2 atom stereocenters. The van der Waals surface area contributed by atoms with Gasteiger partial charge in [-0.15, -0.1) is 0 Å². The minimum Gasteiger partial charge on any atom is -0.468 e. The van der Waals surface area contributed by atoms with Crippen molar-refractivity contribution in [2.75, 3.05) is 26.7 Å². The van der Waals surface area contributed by atoms with Crippen LogP contribution in [0.25, 0.3) is 11.1 Å². The first kappa shape index (κ1) is 26.6. The Hall–Kier alpha value is -2.99. The van der Waals surface area contributed by atoms with E-state index in [9.17, 15) is 4.79 Å². The average molecular weight is 512 g/mol. The van der Waals surface area contributed by atoms with Crippen molar-refractivity contribution >= 4 is 5.97 Å². The summed E-state index contributed by atoms with van der Waals surface area (Å²) in [6.45, 7) is 9.67. The maximum absolute atomic E-state index is 13.4. The highest BCUT2D eigenvalue weighted by atomic mass is 16.5. The van der Waals surface area contributed by atoms with Crippen LogP contribution in [-0.2, 0) is 15.1 Å². The number of fused-ring (bicyclic) bond motifs is 3. The third kappa shape index (κ3) is 4.91. The molecule has 0 saturated carbocycles. The summed E-state index contributed by atoms with van der Waals surface area (Å²) in [5.74, 6) is -0.211. The van der Waals surface area contributed by atoms with Gasteiger partial charge in [-0.1, -0.05) is 85.8 Å². The van der Waals surface area contributed by atoms with Crippen LogP contribution in [0, 0.1) is 5.92 Å². The molecule has 2 unspecified atom stereocenters. The molecule has 0 amide bonds. The first-order chi connectivity index (χ1) is 18.5. The molecule has 3 aromatic carbocycles. The summed E-state index contributed by atoms with van der Waals surface area (Å²) in [5, 5.41) is 7.68. The van der Waals surface area contributed by atoms with Gasteiger partial charge in [-0.25, -0.2) is 0 Å². The molecule has 2 N–H and O–H groups in total. The van der Waals surface area contributed by atoms with Crippen molar-refractivity contribution in [2.45, 2.75) is 57.3 Å². The number of esters is 1. The summed E-state index contributed by atoms with van der Waals surface area (Å²) in [6, 6.07) is 28.2. The van der Waals surface area contributed by atoms with Crippen LogP contribution in [0.15, 0.2) is 78.9 Å². The van der Waals surface area contributed by atoms with Crippen LogP contribution >= 0.6 is 0 Å². The van der Waals surface area contributed by atoms with Gasteiger partial charge in [-0.05, 0) is 73.5 Å². The molecule has 1 fully saturated rings. The Labute approximate surface area is 227 Å². The molecule has 1 aliphatic carbocycles. The predicted octanol–water partition coefficient (Wildman–Crippen LogP) is 5.19. The normalized spacial score (nSPS) is 18.6. The highest BCUT2D eigenvalue weighted by Crippen LogP contribution is 2.51. The second-order valence-corrected chi connectivity index (χ2v) is 11.1. The quantitative estimate of drug-likeness (QED) is 0.388. The molecule has 0 aromatic heterocycles. The lowest BCUT2D eigenvalue weighted by Gasteiger charge is -2.39. The zero-order chi connectivity index (χ0) is 26.7. The van der Waals surface area contributed by atoms with Crippen molar-refractivity contribution in [1.82, 2.24) is 15.5 Å². The molecule has 3 aromatic rings. The van der Waals surface area contributed by atoms with Crippen molar-refractivity contribution < 1.29 is 9.53 Å². The van der Waals surface area contributed by atoms with Gasteiger partial charge in [0, 0.05) is 18.6 Å². The van der Waals surface area contributed by atoms with E-state index in [-0.39, 0.29) is 11.9 Å². The smallest absolute Gasteiger partial charge is 0.323 e. The van der Waals surface area contributed by atoms with Crippen molar-refractivity contribution in [3.63, 3.8) is 0 Å². The van der Waals surface area contributed by atoms with Crippen molar-refractivity contribution in [3.05, 3.63) is 95.6 Å². The van der Waals surface area contributed by atoms with E-state index in [2.05, 4.69) is 109 Å². The lowest BCUT2D eigenvalue weighted by molar-refractivity contribution is -0.145. The van der Waals surface area contributed by atoms with Crippen LogP contribution in [-0.4, -0.2) is 55.7 Å². The Balaban J connectivity index is 1.47. The van der Waals surface area contributed by atoms with Gasteiger partial charge >= 0.3 is 5.97 Å². The summed E-state index contributed by atoms with van der Waals surface area (Å²) < 4.78 is 5.40. The van der Waals surface area contributed by atoms with E-state index in [4.69, 9.17) is 4.74 Å². The van der Waals surface area contributed by atoms with Crippen molar-refractivity contribution in [3.8, 4) is 11.1 Å². The lowest BCUT2D eigenvalue weighted by atomic mass is 9.79. The Kier molecular flexibility index (Phi) is 7.98. The van der Waals surface area contributed by atoms with Crippen LogP contribution in [0.1, 0.15) is 50.3 Å². The minimum absolute atomic E-state index is 0.0195. The zero-order valence-electron chi connectivity index (χ0n) is 23.1. The minimum atomic E-state index is -0.663. The lowest BCUT2D eigenvalue weighted by Crippen LogP contribution is -2.56. The average Bonchev–Trinajstić information content (AvgIpc) is 3.25. The number of hydrogen-bond donors (Lipinski definition) is 2. The van der Waals surface area contributed by atoms with Crippen LogP contribution in [0.2, 0.25) is 0 Å². The molecule has 1 heterocycles. The van der Waals surface area contributed by atoms with Gasteiger partial charge in [0.05, 0.1) is 12.6 Å². The number of benzene rings is 3. The number of carbonyl (C=O) groups excluding carboxylic acids is 1. The number of rotatable bonds is 9. The molecule has 0 radical (unpaired) electrons. The number of piperidine rings is 1.